The van der Waals surface area contributed by atoms with Gasteiger partial charge in [0.2, 0.25) is 0 Å². The second kappa shape index (κ2) is 14.2. The molecular weight excluding hydrogens is 579 g/mol. The van der Waals surface area contributed by atoms with E-state index >= 15 is 0 Å². The molecule has 0 saturated heterocycles. The number of para-hydroxylation sites is 1. The van der Waals surface area contributed by atoms with Crippen LogP contribution in [0, 0.1) is 0 Å². The van der Waals surface area contributed by atoms with E-state index in [2.05, 4.69) is 21.3 Å². The van der Waals surface area contributed by atoms with E-state index < -0.39 is 29.9 Å². The number of carboxylic acids is 1. The Morgan fingerprint density at radius 2 is 1.33 bits per heavy atom. The first kappa shape index (κ1) is 30.1. The molecule has 4 aromatic rings. The zero-order valence-corrected chi connectivity index (χ0v) is 23.6. The third-order valence-electron chi connectivity index (χ3n) is 6.16. The Morgan fingerprint density at radius 1 is 0.690 bits per heavy atom. The fourth-order valence-corrected chi connectivity index (χ4v) is 4.62. The maximum Gasteiger partial charge on any atom is 0.326 e. The van der Waals surface area contributed by atoms with E-state index in [1.54, 1.807) is 66.7 Å². The molecule has 0 aliphatic heterocycles. The molecule has 42 heavy (non-hydrogen) atoms. The molecule has 0 fully saturated rings. The maximum atomic E-state index is 12.8. The third-order valence-corrected chi connectivity index (χ3v) is 6.79. The highest BCUT2D eigenvalue weighted by Crippen LogP contribution is 2.25. The lowest BCUT2D eigenvalue weighted by molar-refractivity contribution is -0.139. The number of rotatable bonds is 10. The number of nitrogens with one attached hydrogen (secondary N) is 4. The van der Waals surface area contributed by atoms with Crippen LogP contribution in [-0.2, 0) is 17.8 Å². The first-order valence-electron chi connectivity index (χ1n) is 12.8. The number of urea groups is 1. The van der Waals surface area contributed by atoms with E-state index in [0.29, 0.717) is 17.8 Å². The van der Waals surface area contributed by atoms with Crippen molar-refractivity contribution >= 4 is 58.4 Å². The molecule has 0 radical (unpaired) electrons. The van der Waals surface area contributed by atoms with E-state index in [1.807, 2.05) is 30.3 Å². The van der Waals surface area contributed by atoms with Crippen LogP contribution in [0.5, 0.6) is 0 Å². The molecule has 9 nitrogen and oxygen atoms in total. The monoisotopic (exact) mass is 604 g/mol. The molecule has 4 aromatic carbocycles. The van der Waals surface area contributed by atoms with Crippen molar-refractivity contribution in [3.63, 3.8) is 0 Å². The van der Waals surface area contributed by atoms with E-state index in [4.69, 9.17) is 23.2 Å². The Labute approximate surface area is 251 Å². The Kier molecular flexibility index (Phi) is 10.1. The first-order valence-corrected chi connectivity index (χ1v) is 13.5. The van der Waals surface area contributed by atoms with Gasteiger partial charge in [-0.3, -0.25) is 9.59 Å². The number of carboxylic acid groups (broad SMARTS) is 1. The largest absolute Gasteiger partial charge is 0.480 e. The number of amides is 4. The molecule has 0 aliphatic carbocycles. The predicted octanol–water partition coefficient (Wildman–Crippen LogP) is 5.99. The molecule has 0 aliphatic rings. The van der Waals surface area contributed by atoms with Gasteiger partial charge in [-0.15, -0.1) is 0 Å². The van der Waals surface area contributed by atoms with Gasteiger partial charge in [-0.1, -0.05) is 83.9 Å². The van der Waals surface area contributed by atoms with Gasteiger partial charge in [0.15, 0.2) is 0 Å². The number of hydrogen-bond donors (Lipinski definition) is 5. The Morgan fingerprint density at radius 3 is 2.00 bits per heavy atom. The van der Waals surface area contributed by atoms with Crippen molar-refractivity contribution in [2.75, 3.05) is 10.6 Å². The maximum absolute atomic E-state index is 12.8. The predicted molar refractivity (Wildman–Crippen MR) is 162 cm³/mol. The lowest BCUT2D eigenvalue weighted by atomic mass is 10.1. The summed E-state index contributed by atoms with van der Waals surface area (Å²) in [4.78, 5) is 50.1. The third kappa shape index (κ3) is 8.09. The van der Waals surface area contributed by atoms with Crippen LogP contribution < -0.4 is 21.3 Å². The van der Waals surface area contributed by atoms with Crippen LogP contribution in [0.4, 0.5) is 16.2 Å². The van der Waals surface area contributed by atoms with Gasteiger partial charge in [0.1, 0.15) is 6.04 Å². The minimum absolute atomic E-state index is 0.0352. The Balaban J connectivity index is 1.36. The van der Waals surface area contributed by atoms with Gasteiger partial charge < -0.3 is 26.4 Å². The summed E-state index contributed by atoms with van der Waals surface area (Å²) in [6.07, 6.45) is -0.0352. The quantitative estimate of drug-likeness (QED) is 0.151. The zero-order valence-electron chi connectivity index (χ0n) is 22.1. The number of halogens is 2. The highest BCUT2D eigenvalue weighted by atomic mass is 35.5. The van der Waals surface area contributed by atoms with Gasteiger partial charge in [0.25, 0.3) is 11.8 Å². The van der Waals surface area contributed by atoms with Crippen LogP contribution in [0.2, 0.25) is 10.0 Å². The van der Waals surface area contributed by atoms with Crippen LogP contribution in [0.25, 0.3) is 0 Å². The topological polar surface area (TPSA) is 137 Å². The smallest absolute Gasteiger partial charge is 0.326 e. The molecule has 1 atom stereocenters. The minimum atomic E-state index is -1.27. The van der Waals surface area contributed by atoms with E-state index in [0.717, 1.165) is 5.56 Å². The van der Waals surface area contributed by atoms with Crippen LogP contribution >= 0.6 is 23.2 Å². The number of benzene rings is 4. The molecular formula is C31H26Cl2N4O5. The Bertz CT molecular complexity index is 1580. The average molecular weight is 605 g/mol. The van der Waals surface area contributed by atoms with Gasteiger partial charge in [-0.25, -0.2) is 9.59 Å². The molecule has 0 saturated carbocycles. The van der Waals surface area contributed by atoms with Crippen LogP contribution in [0.1, 0.15) is 31.8 Å². The molecule has 1 unspecified atom stereocenters. The summed E-state index contributed by atoms with van der Waals surface area (Å²) in [6.45, 7) is 0.303. The van der Waals surface area contributed by atoms with Gasteiger partial charge in [0.05, 0.1) is 26.9 Å². The van der Waals surface area contributed by atoms with Crippen molar-refractivity contribution < 1.29 is 24.3 Å². The van der Waals surface area contributed by atoms with E-state index in [-0.39, 0.29) is 33.3 Å². The molecule has 214 valence electrons. The number of hydrogen-bond acceptors (Lipinski definition) is 4. The molecule has 11 heteroatoms. The molecule has 5 N–H and O–H groups in total. The van der Waals surface area contributed by atoms with Gasteiger partial charge in [-0.05, 0) is 47.5 Å². The molecule has 0 aromatic heterocycles. The summed E-state index contributed by atoms with van der Waals surface area (Å²) in [5.74, 6) is -2.13. The Hall–Kier alpha value is -4.86. The first-order chi connectivity index (χ1) is 20.2. The van der Waals surface area contributed by atoms with E-state index in [1.165, 1.54) is 0 Å². The van der Waals surface area contributed by atoms with Crippen molar-refractivity contribution in [2.45, 2.75) is 19.0 Å². The van der Waals surface area contributed by atoms with Gasteiger partial charge in [0, 0.05) is 18.7 Å². The van der Waals surface area contributed by atoms with Gasteiger partial charge >= 0.3 is 12.0 Å². The second-order valence-corrected chi connectivity index (χ2v) is 9.97. The zero-order chi connectivity index (χ0) is 30.1. The van der Waals surface area contributed by atoms with Crippen molar-refractivity contribution in [3.05, 3.63) is 129 Å². The SMILES string of the molecule is O=C(Nc1ccccc1C(=O)NCc1ccccc1)NC(Cc1ccc(NC(=O)c2c(Cl)cccc2Cl)cc1)C(=O)O. The molecule has 4 rings (SSSR count). The summed E-state index contributed by atoms with van der Waals surface area (Å²) in [7, 11) is 0. The fourth-order valence-electron chi connectivity index (χ4n) is 4.05. The highest BCUT2D eigenvalue weighted by molar-refractivity contribution is 6.40. The van der Waals surface area contributed by atoms with Crippen molar-refractivity contribution in [2.24, 2.45) is 0 Å². The minimum Gasteiger partial charge on any atom is -0.480 e. The lowest BCUT2D eigenvalue weighted by Crippen LogP contribution is -2.44. The number of aliphatic carboxylic acids is 1. The van der Waals surface area contributed by atoms with Crippen molar-refractivity contribution in [1.82, 2.24) is 10.6 Å². The fraction of sp³-hybridized carbons (Fsp3) is 0.0968. The number of carbonyl (C=O) groups is 4. The highest BCUT2D eigenvalue weighted by Gasteiger charge is 2.22. The second-order valence-electron chi connectivity index (χ2n) is 9.15. The van der Waals surface area contributed by atoms with Crippen LogP contribution in [-0.4, -0.2) is 35.0 Å². The van der Waals surface area contributed by atoms with E-state index in [9.17, 15) is 24.3 Å². The molecule has 0 spiro atoms. The van der Waals surface area contributed by atoms with Crippen molar-refractivity contribution in [3.8, 4) is 0 Å². The average Bonchev–Trinajstić information content (AvgIpc) is 2.97. The summed E-state index contributed by atoms with van der Waals surface area (Å²) < 4.78 is 0. The number of carbonyl (C=O) groups excluding carboxylic acids is 3. The van der Waals surface area contributed by atoms with Crippen LogP contribution in [0.3, 0.4) is 0 Å². The molecule has 4 amide bonds. The normalized spacial score (nSPS) is 11.2. The molecule has 0 heterocycles. The lowest BCUT2D eigenvalue weighted by Gasteiger charge is -2.17. The summed E-state index contributed by atoms with van der Waals surface area (Å²) in [5, 5.41) is 20.7. The number of anilines is 2. The van der Waals surface area contributed by atoms with Crippen LogP contribution in [0.15, 0.2) is 97.1 Å². The van der Waals surface area contributed by atoms with Crippen molar-refractivity contribution in [1.29, 1.82) is 0 Å². The van der Waals surface area contributed by atoms with Gasteiger partial charge in [-0.2, -0.15) is 0 Å². The molecule has 0 bridgehead atoms. The summed E-state index contributed by atoms with van der Waals surface area (Å²) >= 11 is 12.2. The standard InChI is InChI=1S/C31H26Cl2N4O5/c32-23-10-6-11-24(33)27(23)29(39)35-21-15-13-19(14-16-21)17-26(30(40)41)37-31(42)36-25-12-5-4-9-22(25)28(38)34-18-20-7-2-1-3-8-20/h1-16,26H,17-18H2,(H,34,38)(H,35,39)(H,40,41)(H2,36,37,42). The summed E-state index contributed by atoms with van der Waals surface area (Å²) in [6, 6.07) is 24.9. The summed E-state index contributed by atoms with van der Waals surface area (Å²) in [5.41, 5.74) is 2.55.